The Morgan fingerprint density at radius 2 is 1.76 bits per heavy atom. The van der Waals surface area contributed by atoms with Crippen LogP contribution in [0.15, 0.2) is 71.3 Å². The summed E-state index contributed by atoms with van der Waals surface area (Å²) in [5, 5.41) is 3.59. The standard InChI is InChI=1S/C25H27Cl2N3O3/c1-2-13-30(25(32)28-23-11-10-20(26)16-22(23)27)18-24(31)29(17-21-9-6-15-33-21)14-12-19-7-4-3-5-8-19/h3-11,15-16H,2,12-14,17-18H2,1H3,(H,28,32). The zero-order valence-electron chi connectivity index (χ0n) is 18.5. The van der Waals surface area contributed by atoms with Crippen molar-refractivity contribution >= 4 is 40.8 Å². The number of halogens is 2. The Labute approximate surface area is 204 Å². The fourth-order valence-electron chi connectivity index (χ4n) is 3.36. The van der Waals surface area contributed by atoms with Crippen LogP contribution >= 0.6 is 23.2 Å². The summed E-state index contributed by atoms with van der Waals surface area (Å²) in [6, 6.07) is 18.0. The number of carbonyl (C=O) groups excluding carboxylic acids is 2. The van der Waals surface area contributed by atoms with Gasteiger partial charge in [0.1, 0.15) is 12.3 Å². The highest BCUT2D eigenvalue weighted by Crippen LogP contribution is 2.25. The molecule has 0 bridgehead atoms. The Hall–Kier alpha value is -2.96. The van der Waals surface area contributed by atoms with Crippen molar-refractivity contribution in [2.24, 2.45) is 0 Å². The number of hydrogen-bond acceptors (Lipinski definition) is 3. The Balaban J connectivity index is 1.69. The van der Waals surface area contributed by atoms with Crippen LogP contribution in [0.25, 0.3) is 0 Å². The molecule has 1 N–H and O–H groups in total. The highest BCUT2D eigenvalue weighted by Gasteiger charge is 2.22. The van der Waals surface area contributed by atoms with Crippen LogP contribution in [-0.4, -0.2) is 41.4 Å². The molecule has 3 amide bonds. The molecule has 1 heterocycles. The summed E-state index contributed by atoms with van der Waals surface area (Å²) in [6.45, 7) is 3.17. The maximum Gasteiger partial charge on any atom is 0.322 e. The van der Waals surface area contributed by atoms with E-state index in [-0.39, 0.29) is 12.5 Å². The molecule has 0 aliphatic rings. The van der Waals surface area contributed by atoms with Crippen LogP contribution < -0.4 is 5.32 Å². The molecule has 0 aliphatic heterocycles. The van der Waals surface area contributed by atoms with Crippen molar-refractivity contribution in [2.45, 2.75) is 26.3 Å². The van der Waals surface area contributed by atoms with Gasteiger partial charge in [-0.2, -0.15) is 0 Å². The third kappa shape index (κ3) is 7.55. The molecule has 2 aromatic carbocycles. The number of rotatable bonds is 10. The number of hydrogen-bond donors (Lipinski definition) is 1. The van der Waals surface area contributed by atoms with E-state index in [1.165, 1.54) is 4.90 Å². The van der Waals surface area contributed by atoms with Gasteiger partial charge in [-0.25, -0.2) is 4.79 Å². The molecule has 3 aromatic rings. The molecule has 3 rings (SSSR count). The molecule has 0 unspecified atom stereocenters. The van der Waals surface area contributed by atoms with Crippen molar-refractivity contribution in [3.63, 3.8) is 0 Å². The highest BCUT2D eigenvalue weighted by molar-refractivity contribution is 6.36. The van der Waals surface area contributed by atoms with Gasteiger partial charge in [0.15, 0.2) is 0 Å². The summed E-state index contributed by atoms with van der Waals surface area (Å²) >= 11 is 12.1. The van der Waals surface area contributed by atoms with Gasteiger partial charge in [-0.15, -0.1) is 0 Å². The molecule has 0 fully saturated rings. The van der Waals surface area contributed by atoms with Crippen LogP contribution in [0.4, 0.5) is 10.5 Å². The number of benzene rings is 2. The average Bonchev–Trinajstić information content (AvgIpc) is 3.32. The number of anilines is 1. The van der Waals surface area contributed by atoms with Crippen LogP contribution in [0.3, 0.4) is 0 Å². The van der Waals surface area contributed by atoms with Gasteiger partial charge in [-0.1, -0.05) is 60.5 Å². The van der Waals surface area contributed by atoms with E-state index in [9.17, 15) is 9.59 Å². The normalized spacial score (nSPS) is 10.6. The van der Waals surface area contributed by atoms with Crippen molar-refractivity contribution in [3.05, 3.63) is 88.3 Å². The molecule has 6 nitrogen and oxygen atoms in total. The van der Waals surface area contributed by atoms with E-state index < -0.39 is 6.03 Å². The Morgan fingerprint density at radius 1 is 0.970 bits per heavy atom. The number of nitrogens with one attached hydrogen (secondary N) is 1. The van der Waals surface area contributed by atoms with Gasteiger partial charge in [0.05, 0.1) is 23.5 Å². The fourth-order valence-corrected chi connectivity index (χ4v) is 3.82. The molecule has 33 heavy (non-hydrogen) atoms. The molecular weight excluding hydrogens is 461 g/mol. The van der Waals surface area contributed by atoms with E-state index in [4.69, 9.17) is 27.6 Å². The molecule has 0 aliphatic carbocycles. The Morgan fingerprint density at radius 3 is 2.42 bits per heavy atom. The van der Waals surface area contributed by atoms with Gasteiger partial charge in [-0.3, -0.25) is 4.79 Å². The second-order valence-corrected chi connectivity index (χ2v) is 8.45. The van der Waals surface area contributed by atoms with Gasteiger partial charge >= 0.3 is 6.03 Å². The average molecular weight is 488 g/mol. The lowest BCUT2D eigenvalue weighted by molar-refractivity contribution is -0.132. The highest BCUT2D eigenvalue weighted by atomic mass is 35.5. The number of urea groups is 1. The summed E-state index contributed by atoms with van der Waals surface area (Å²) in [5.41, 5.74) is 1.58. The molecule has 174 valence electrons. The van der Waals surface area contributed by atoms with Crippen LogP contribution in [0.2, 0.25) is 10.0 Å². The maximum absolute atomic E-state index is 13.3. The monoisotopic (exact) mass is 487 g/mol. The van der Waals surface area contributed by atoms with Crippen LogP contribution in [-0.2, 0) is 17.8 Å². The lowest BCUT2D eigenvalue weighted by atomic mass is 10.1. The number of furan rings is 1. The van der Waals surface area contributed by atoms with Crippen molar-refractivity contribution in [2.75, 3.05) is 25.0 Å². The SMILES string of the molecule is CCCN(CC(=O)N(CCc1ccccc1)Cc1ccco1)C(=O)Nc1ccc(Cl)cc1Cl. The Kier molecular flexibility index (Phi) is 9.22. The number of nitrogens with zero attached hydrogens (tertiary/aromatic N) is 2. The first-order chi connectivity index (χ1) is 16.0. The third-order valence-electron chi connectivity index (χ3n) is 5.07. The maximum atomic E-state index is 13.3. The van der Waals surface area contributed by atoms with Gasteiger partial charge in [0, 0.05) is 18.1 Å². The quantitative estimate of drug-likeness (QED) is 0.375. The van der Waals surface area contributed by atoms with Crippen LogP contribution in [0.5, 0.6) is 0 Å². The van der Waals surface area contributed by atoms with Gasteiger partial charge in [0.25, 0.3) is 0 Å². The zero-order valence-corrected chi connectivity index (χ0v) is 20.0. The predicted octanol–water partition coefficient (Wildman–Crippen LogP) is 6.10. The lowest BCUT2D eigenvalue weighted by Gasteiger charge is -2.27. The molecular formula is C25H27Cl2N3O3. The third-order valence-corrected chi connectivity index (χ3v) is 5.62. The van der Waals surface area contributed by atoms with E-state index in [0.717, 1.165) is 5.56 Å². The van der Waals surface area contributed by atoms with Gasteiger partial charge in [0.2, 0.25) is 5.91 Å². The first kappa shape index (κ1) is 24.7. The van der Waals surface area contributed by atoms with E-state index >= 15 is 0 Å². The summed E-state index contributed by atoms with van der Waals surface area (Å²) in [7, 11) is 0. The molecule has 0 radical (unpaired) electrons. The second kappa shape index (κ2) is 12.3. The largest absolute Gasteiger partial charge is 0.467 e. The number of carbonyl (C=O) groups is 2. The summed E-state index contributed by atoms with van der Waals surface area (Å²) in [4.78, 5) is 29.4. The minimum absolute atomic E-state index is 0.0552. The van der Waals surface area contributed by atoms with Crippen molar-refractivity contribution in [1.82, 2.24) is 9.80 Å². The zero-order chi connectivity index (χ0) is 23.6. The predicted molar refractivity (Wildman–Crippen MR) is 132 cm³/mol. The molecule has 8 heteroatoms. The topological polar surface area (TPSA) is 65.8 Å². The first-order valence-electron chi connectivity index (χ1n) is 10.8. The summed E-state index contributed by atoms with van der Waals surface area (Å²) < 4.78 is 5.46. The van der Waals surface area contributed by atoms with Gasteiger partial charge < -0.3 is 19.5 Å². The van der Waals surface area contributed by atoms with Crippen molar-refractivity contribution in [3.8, 4) is 0 Å². The van der Waals surface area contributed by atoms with Crippen molar-refractivity contribution in [1.29, 1.82) is 0 Å². The van der Waals surface area contributed by atoms with Crippen molar-refractivity contribution < 1.29 is 14.0 Å². The lowest BCUT2D eigenvalue weighted by Crippen LogP contribution is -2.45. The molecule has 0 saturated heterocycles. The molecule has 0 atom stereocenters. The van der Waals surface area contributed by atoms with Gasteiger partial charge in [-0.05, 0) is 48.7 Å². The number of amides is 3. The van der Waals surface area contributed by atoms with E-state index in [1.807, 2.05) is 43.3 Å². The minimum Gasteiger partial charge on any atom is -0.467 e. The van der Waals surface area contributed by atoms with E-state index in [2.05, 4.69) is 5.32 Å². The molecule has 1 aromatic heterocycles. The van der Waals surface area contributed by atoms with E-state index in [1.54, 1.807) is 35.4 Å². The second-order valence-electron chi connectivity index (χ2n) is 7.61. The molecule has 0 saturated carbocycles. The van der Waals surface area contributed by atoms with Crippen LogP contribution in [0, 0.1) is 0 Å². The smallest absolute Gasteiger partial charge is 0.322 e. The Bertz CT molecular complexity index is 1040. The summed E-state index contributed by atoms with van der Waals surface area (Å²) in [5.74, 6) is 0.531. The van der Waals surface area contributed by atoms with E-state index in [0.29, 0.717) is 54.0 Å². The minimum atomic E-state index is -0.393. The van der Waals surface area contributed by atoms with Crippen LogP contribution in [0.1, 0.15) is 24.7 Å². The first-order valence-corrected chi connectivity index (χ1v) is 11.6. The molecule has 0 spiro atoms. The summed E-state index contributed by atoms with van der Waals surface area (Å²) in [6.07, 6.45) is 2.99. The fraction of sp³-hybridized carbons (Fsp3) is 0.280.